The molecule has 1 unspecified atom stereocenters. The van der Waals surface area contributed by atoms with Crippen molar-refractivity contribution in [1.29, 1.82) is 0 Å². The highest BCUT2D eigenvalue weighted by Crippen LogP contribution is 2.25. The van der Waals surface area contributed by atoms with Gasteiger partial charge in [0.15, 0.2) is 0 Å². The van der Waals surface area contributed by atoms with Crippen LogP contribution in [0.3, 0.4) is 0 Å². The Labute approximate surface area is 99.4 Å². The smallest absolute Gasteiger partial charge is 0.346 e. The van der Waals surface area contributed by atoms with E-state index in [0.717, 1.165) is 11.3 Å². The molecule has 0 fully saturated rings. The quantitative estimate of drug-likeness (QED) is 0.763. The number of aromatic nitrogens is 1. The van der Waals surface area contributed by atoms with Crippen LogP contribution in [0.15, 0.2) is 23.3 Å². The molecule has 2 amide bonds. The molecule has 1 aliphatic heterocycles. The van der Waals surface area contributed by atoms with E-state index in [0.29, 0.717) is 0 Å². The minimum atomic E-state index is -0.397. The van der Waals surface area contributed by atoms with Gasteiger partial charge in [0.25, 0.3) is 0 Å². The number of aliphatic imine (C=N–C) groups is 1. The fourth-order valence-corrected chi connectivity index (χ4v) is 1.75. The molecule has 2 heterocycles. The predicted octanol–water partition coefficient (Wildman–Crippen LogP) is 0.857. The summed E-state index contributed by atoms with van der Waals surface area (Å²) in [7, 11) is 0. The van der Waals surface area contributed by atoms with Gasteiger partial charge in [-0.25, -0.2) is 4.79 Å². The van der Waals surface area contributed by atoms with E-state index in [4.69, 9.17) is 12.2 Å². The highest BCUT2D eigenvalue weighted by molar-refractivity contribution is 6.03. The summed E-state index contributed by atoms with van der Waals surface area (Å²) in [5.41, 5.74) is 7.47. The summed E-state index contributed by atoms with van der Waals surface area (Å²) in [6.07, 6.45) is 6.91. The number of amidine groups is 1. The van der Waals surface area contributed by atoms with Gasteiger partial charge in [0.1, 0.15) is 11.9 Å². The van der Waals surface area contributed by atoms with Gasteiger partial charge in [0.2, 0.25) is 0 Å². The monoisotopic (exact) mass is 228 g/mol. The van der Waals surface area contributed by atoms with Crippen LogP contribution in [0.4, 0.5) is 4.79 Å². The first kappa shape index (κ1) is 11.1. The molecule has 1 atom stereocenters. The normalized spacial score (nSPS) is 19.1. The first-order valence-electron chi connectivity index (χ1n) is 5.14. The zero-order valence-corrected chi connectivity index (χ0v) is 9.42. The van der Waals surface area contributed by atoms with Crippen molar-refractivity contribution in [2.45, 2.75) is 13.0 Å². The Morgan fingerprint density at radius 2 is 2.35 bits per heavy atom. The van der Waals surface area contributed by atoms with Gasteiger partial charge in [-0.2, -0.15) is 4.99 Å². The van der Waals surface area contributed by atoms with E-state index in [1.54, 1.807) is 6.20 Å². The van der Waals surface area contributed by atoms with Crippen LogP contribution in [0.5, 0.6) is 0 Å². The van der Waals surface area contributed by atoms with Crippen LogP contribution in [0.2, 0.25) is 0 Å². The number of aryl methyl sites for hydroxylation is 1. The summed E-state index contributed by atoms with van der Waals surface area (Å²) in [5, 5.41) is 0. The number of rotatable bonds is 2. The molecule has 1 aromatic rings. The van der Waals surface area contributed by atoms with Crippen LogP contribution in [-0.2, 0) is 0 Å². The topological polar surface area (TPSA) is 71.6 Å². The third-order valence-corrected chi connectivity index (χ3v) is 2.57. The van der Waals surface area contributed by atoms with Gasteiger partial charge in [-0.05, 0) is 13.0 Å². The average molecular weight is 228 g/mol. The minimum Gasteiger partial charge on any atom is -0.385 e. The number of nitrogens with two attached hydrogens (primary N) is 1. The Kier molecular flexibility index (Phi) is 2.79. The van der Waals surface area contributed by atoms with Crippen molar-refractivity contribution in [2.75, 3.05) is 6.54 Å². The van der Waals surface area contributed by atoms with Gasteiger partial charge in [-0.15, -0.1) is 6.42 Å². The van der Waals surface area contributed by atoms with Gasteiger partial charge in [-0.1, -0.05) is 12.0 Å². The van der Waals surface area contributed by atoms with Crippen LogP contribution in [0, 0.1) is 19.3 Å². The maximum Gasteiger partial charge on any atom is 0.346 e. The van der Waals surface area contributed by atoms with Crippen molar-refractivity contribution in [2.24, 2.45) is 10.7 Å². The first-order valence-corrected chi connectivity index (χ1v) is 5.14. The molecule has 0 saturated heterocycles. The highest BCUT2D eigenvalue weighted by atomic mass is 16.2. The molecule has 1 aliphatic rings. The third-order valence-electron chi connectivity index (χ3n) is 2.57. The van der Waals surface area contributed by atoms with E-state index in [2.05, 4.69) is 15.9 Å². The molecular weight excluding hydrogens is 216 g/mol. The fourth-order valence-electron chi connectivity index (χ4n) is 1.75. The number of carbonyl (C=O) groups is 1. The summed E-state index contributed by atoms with van der Waals surface area (Å²) in [4.78, 5) is 20.9. The van der Waals surface area contributed by atoms with Gasteiger partial charge in [0.05, 0.1) is 6.54 Å². The van der Waals surface area contributed by atoms with Crippen molar-refractivity contribution < 1.29 is 4.79 Å². The Bertz CT molecular complexity index is 512. The SMILES string of the molecule is C#CCN1C(=O)N=C(N)C1c1ccc(C)nc1. The molecule has 86 valence electrons. The van der Waals surface area contributed by atoms with E-state index in [9.17, 15) is 4.79 Å². The molecule has 2 rings (SSSR count). The Balaban J connectivity index is 2.36. The lowest BCUT2D eigenvalue weighted by molar-refractivity contribution is 0.213. The zero-order valence-electron chi connectivity index (χ0n) is 9.42. The molecule has 1 aromatic heterocycles. The predicted molar refractivity (Wildman–Crippen MR) is 64.3 cm³/mol. The number of pyridine rings is 1. The highest BCUT2D eigenvalue weighted by Gasteiger charge is 2.33. The Hall–Kier alpha value is -2.35. The van der Waals surface area contributed by atoms with E-state index < -0.39 is 12.1 Å². The summed E-state index contributed by atoms with van der Waals surface area (Å²) in [6.45, 7) is 2.07. The second kappa shape index (κ2) is 4.26. The molecular formula is C12H12N4O. The fraction of sp³-hybridized carbons (Fsp3) is 0.250. The molecule has 5 nitrogen and oxygen atoms in total. The number of carbonyl (C=O) groups excluding carboxylic acids is 1. The van der Waals surface area contributed by atoms with Gasteiger partial charge in [-0.3, -0.25) is 9.88 Å². The lowest BCUT2D eigenvalue weighted by atomic mass is 10.1. The summed E-state index contributed by atoms with van der Waals surface area (Å²) >= 11 is 0. The lowest BCUT2D eigenvalue weighted by Crippen LogP contribution is -2.33. The maximum atomic E-state index is 11.6. The van der Waals surface area contributed by atoms with Crippen LogP contribution in [-0.4, -0.2) is 28.3 Å². The maximum absolute atomic E-state index is 11.6. The Morgan fingerprint density at radius 3 is 2.94 bits per heavy atom. The summed E-state index contributed by atoms with van der Waals surface area (Å²) < 4.78 is 0. The number of urea groups is 1. The van der Waals surface area contributed by atoms with E-state index >= 15 is 0 Å². The van der Waals surface area contributed by atoms with Crippen LogP contribution in [0.1, 0.15) is 17.3 Å². The molecule has 17 heavy (non-hydrogen) atoms. The van der Waals surface area contributed by atoms with Gasteiger partial charge >= 0.3 is 6.03 Å². The molecule has 5 heteroatoms. The van der Waals surface area contributed by atoms with Crippen molar-refractivity contribution in [3.63, 3.8) is 0 Å². The summed E-state index contributed by atoms with van der Waals surface area (Å²) in [6, 6.07) is 2.94. The van der Waals surface area contributed by atoms with Crippen LogP contribution in [0.25, 0.3) is 0 Å². The molecule has 0 radical (unpaired) electrons. The van der Waals surface area contributed by atoms with E-state index in [1.807, 2.05) is 19.1 Å². The van der Waals surface area contributed by atoms with Gasteiger partial charge < -0.3 is 5.73 Å². The van der Waals surface area contributed by atoms with Crippen molar-refractivity contribution in [3.8, 4) is 12.3 Å². The number of hydrogen-bond acceptors (Lipinski definition) is 3. The Morgan fingerprint density at radius 1 is 1.59 bits per heavy atom. The number of amides is 2. The van der Waals surface area contributed by atoms with Crippen molar-refractivity contribution in [1.82, 2.24) is 9.88 Å². The first-order chi connectivity index (χ1) is 8.13. The molecule has 2 N–H and O–H groups in total. The molecule has 0 aliphatic carbocycles. The number of nitrogens with zero attached hydrogens (tertiary/aromatic N) is 3. The summed E-state index contributed by atoms with van der Waals surface area (Å²) in [5.74, 6) is 2.69. The average Bonchev–Trinajstić information content (AvgIpc) is 2.56. The lowest BCUT2D eigenvalue weighted by Gasteiger charge is -2.21. The minimum absolute atomic E-state index is 0.182. The van der Waals surface area contributed by atoms with Gasteiger partial charge in [0, 0.05) is 17.5 Å². The van der Waals surface area contributed by atoms with Crippen molar-refractivity contribution >= 4 is 11.9 Å². The molecule has 0 saturated carbocycles. The molecule has 0 spiro atoms. The second-order valence-electron chi connectivity index (χ2n) is 3.79. The van der Waals surface area contributed by atoms with Crippen LogP contribution >= 0.6 is 0 Å². The number of hydrogen-bond donors (Lipinski definition) is 1. The van der Waals surface area contributed by atoms with E-state index in [1.165, 1.54) is 4.90 Å². The molecule has 0 bridgehead atoms. The second-order valence-corrected chi connectivity index (χ2v) is 3.79. The third kappa shape index (κ3) is 1.97. The standard InChI is InChI=1S/C12H12N4O/c1-3-6-16-10(11(13)15-12(16)17)9-5-4-8(2)14-7-9/h1,4-5,7,10H,6H2,2H3,(H2,13,15,17). The largest absolute Gasteiger partial charge is 0.385 e. The van der Waals surface area contributed by atoms with Crippen LogP contribution < -0.4 is 5.73 Å². The zero-order chi connectivity index (χ0) is 12.4. The van der Waals surface area contributed by atoms with Crippen molar-refractivity contribution in [3.05, 3.63) is 29.6 Å². The van der Waals surface area contributed by atoms with E-state index in [-0.39, 0.29) is 12.4 Å². The number of terminal acetylenes is 1. The molecule has 0 aromatic carbocycles.